The zero-order valence-electron chi connectivity index (χ0n) is 21.0. The molecule has 0 atom stereocenters. The van der Waals surface area contributed by atoms with Gasteiger partial charge in [0.2, 0.25) is 0 Å². The highest BCUT2D eigenvalue weighted by Crippen LogP contribution is 2.28. The van der Waals surface area contributed by atoms with E-state index in [1.54, 1.807) is 60.0 Å². The number of nitrogens with one attached hydrogen (secondary N) is 1. The Morgan fingerprint density at radius 2 is 1.71 bits per heavy atom. The lowest BCUT2D eigenvalue weighted by atomic mass is 10.2. The van der Waals surface area contributed by atoms with Gasteiger partial charge in [0.15, 0.2) is 0 Å². The Morgan fingerprint density at radius 1 is 1.03 bits per heavy atom. The first-order chi connectivity index (χ1) is 18.1. The minimum atomic E-state index is -4.08. The number of rotatable bonds is 8. The zero-order valence-corrected chi connectivity index (χ0v) is 22.6. The molecule has 0 bridgehead atoms. The maximum Gasteiger partial charge on any atom is 0.264 e. The number of carbonyl (C=O) groups excluding carboxylic acids is 1. The van der Waals surface area contributed by atoms with Crippen molar-refractivity contribution in [2.45, 2.75) is 25.7 Å². The predicted octanol–water partition coefficient (Wildman–Crippen LogP) is 5.54. The van der Waals surface area contributed by atoms with E-state index in [4.69, 9.17) is 11.6 Å². The molecule has 1 aromatic heterocycles. The number of para-hydroxylation sites is 1. The van der Waals surface area contributed by atoms with Gasteiger partial charge in [0.05, 0.1) is 22.5 Å². The first-order valence-electron chi connectivity index (χ1n) is 11.7. The summed E-state index contributed by atoms with van der Waals surface area (Å²) < 4.78 is 44.0. The molecule has 0 aliphatic carbocycles. The fraction of sp³-hybridized carbons (Fsp3) is 0.143. The fourth-order valence-corrected chi connectivity index (χ4v) is 5.64. The number of aromatic nitrogens is 1. The van der Waals surface area contributed by atoms with Crippen LogP contribution in [-0.2, 0) is 14.8 Å². The van der Waals surface area contributed by atoms with Crippen LogP contribution in [0.25, 0.3) is 5.69 Å². The molecule has 1 N–H and O–H groups in total. The van der Waals surface area contributed by atoms with E-state index in [1.807, 2.05) is 19.9 Å². The van der Waals surface area contributed by atoms with Crippen LogP contribution in [0.2, 0.25) is 5.02 Å². The summed E-state index contributed by atoms with van der Waals surface area (Å²) in [5, 5.41) is 4.40. The van der Waals surface area contributed by atoms with Gasteiger partial charge in [0.25, 0.3) is 15.9 Å². The molecular weight excluding hydrogens is 527 g/mol. The Morgan fingerprint density at radius 3 is 2.39 bits per heavy atom. The van der Waals surface area contributed by atoms with Crippen molar-refractivity contribution in [3.63, 3.8) is 0 Å². The Bertz CT molecular complexity index is 1620. The van der Waals surface area contributed by atoms with Crippen LogP contribution in [0.15, 0.2) is 88.9 Å². The number of halogens is 2. The fourth-order valence-electron chi connectivity index (χ4n) is 4.03. The summed E-state index contributed by atoms with van der Waals surface area (Å²) in [5.74, 6) is -1.01. The van der Waals surface area contributed by atoms with Gasteiger partial charge in [-0.3, -0.25) is 9.10 Å². The molecule has 4 aromatic rings. The summed E-state index contributed by atoms with van der Waals surface area (Å²) in [5.41, 5.74) is 6.01. The first-order valence-corrected chi connectivity index (χ1v) is 13.5. The summed E-state index contributed by atoms with van der Waals surface area (Å²) in [6.07, 6.45) is 1.44. The third kappa shape index (κ3) is 5.64. The van der Waals surface area contributed by atoms with E-state index in [0.29, 0.717) is 16.3 Å². The van der Waals surface area contributed by atoms with Gasteiger partial charge in [-0.05, 0) is 68.8 Å². The number of hydrogen-bond donors (Lipinski definition) is 1. The van der Waals surface area contributed by atoms with Crippen molar-refractivity contribution in [2.24, 2.45) is 5.10 Å². The van der Waals surface area contributed by atoms with Gasteiger partial charge in [0, 0.05) is 22.0 Å². The van der Waals surface area contributed by atoms with E-state index in [-0.39, 0.29) is 16.4 Å². The lowest BCUT2D eigenvalue weighted by Crippen LogP contribution is -2.39. The van der Waals surface area contributed by atoms with E-state index in [9.17, 15) is 17.6 Å². The molecule has 0 aliphatic rings. The molecule has 38 heavy (non-hydrogen) atoms. The molecule has 0 saturated heterocycles. The van der Waals surface area contributed by atoms with Crippen LogP contribution in [0.3, 0.4) is 0 Å². The number of hydrogen-bond acceptors (Lipinski definition) is 4. The van der Waals surface area contributed by atoms with Crippen LogP contribution in [0.5, 0.6) is 0 Å². The molecule has 0 spiro atoms. The minimum Gasteiger partial charge on any atom is -0.315 e. The maximum atomic E-state index is 14.4. The molecule has 3 aromatic carbocycles. The van der Waals surface area contributed by atoms with E-state index in [0.717, 1.165) is 21.3 Å². The van der Waals surface area contributed by atoms with Crippen LogP contribution in [0, 0.1) is 26.6 Å². The smallest absolute Gasteiger partial charge is 0.264 e. The SMILES string of the molecule is Cc1ccc(N(CC(=O)N/N=C/c2cc(C)n(-c3ccccc3F)c2C)S(=O)(=O)c2ccccc2)cc1Cl. The lowest BCUT2D eigenvalue weighted by Gasteiger charge is -2.24. The molecule has 7 nitrogen and oxygen atoms in total. The second-order valence-electron chi connectivity index (χ2n) is 8.66. The molecule has 0 saturated carbocycles. The first kappa shape index (κ1) is 27.1. The second-order valence-corrected chi connectivity index (χ2v) is 10.9. The van der Waals surface area contributed by atoms with Crippen molar-refractivity contribution >= 4 is 39.4 Å². The maximum absolute atomic E-state index is 14.4. The number of nitrogens with zero attached hydrogens (tertiary/aromatic N) is 3. The molecule has 0 unspecified atom stereocenters. The quantitative estimate of drug-likeness (QED) is 0.230. The van der Waals surface area contributed by atoms with Crippen LogP contribution < -0.4 is 9.73 Å². The van der Waals surface area contributed by atoms with Crippen molar-refractivity contribution < 1.29 is 17.6 Å². The third-order valence-corrected chi connectivity index (χ3v) is 8.21. The largest absolute Gasteiger partial charge is 0.315 e. The topological polar surface area (TPSA) is 83.8 Å². The molecule has 10 heteroatoms. The van der Waals surface area contributed by atoms with Gasteiger partial charge >= 0.3 is 0 Å². The number of anilines is 1. The Balaban J connectivity index is 1.57. The van der Waals surface area contributed by atoms with Gasteiger partial charge in [-0.15, -0.1) is 0 Å². The Kier molecular flexibility index (Phi) is 7.99. The summed E-state index contributed by atoms with van der Waals surface area (Å²) in [7, 11) is -4.08. The standard InChI is InChI=1S/C28H26ClFN4O3S/c1-19-13-14-23(16-25(19)29)33(38(36,37)24-9-5-4-6-10-24)18-28(35)32-31-17-22-15-20(2)34(21(22)3)27-12-8-7-11-26(27)30/h4-17H,18H2,1-3H3,(H,32,35)/b31-17+. The summed E-state index contributed by atoms with van der Waals surface area (Å²) in [6, 6.07) is 20.9. The zero-order chi connectivity index (χ0) is 27.4. The second kappa shape index (κ2) is 11.2. The highest BCUT2D eigenvalue weighted by molar-refractivity contribution is 7.92. The molecule has 0 radical (unpaired) electrons. The summed E-state index contributed by atoms with van der Waals surface area (Å²) >= 11 is 6.25. The molecular formula is C28H26ClFN4O3S. The number of sulfonamides is 1. The van der Waals surface area contributed by atoms with Crippen molar-refractivity contribution in [3.05, 3.63) is 112 Å². The average molecular weight is 553 g/mol. The van der Waals surface area contributed by atoms with Crippen LogP contribution in [0.4, 0.5) is 10.1 Å². The van der Waals surface area contributed by atoms with Gasteiger partial charge in [-0.2, -0.15) is 5.10 Å². The third-order valence-electron chi connectivity index (χ3n) is 6.02. The molecule has 4 rings (SSSR count). The van der Waals surface area contributed by atoms with Gasteiger partial charge < -0.3 is 4.57 Å². The lowest BCUT2D eigenvalue weighted by molar-refractivity contribution is -0.119. The van der Waals surface area contributed by atoms with Crippen molar-refractivity contribution in [2.75, 3.05) is 10.8 Å². The van der Waals surface area contributed by atoms with Crippen molar-refractivity contribution in [1.29, 1.82) is 0 Å². The number of aryl methyl sites for hydroxylation is 2. The van der Waals surface area contributed by atoms with Crippen LogP contribution >= 0.6 is 11.6 Å². The summed E-state index contributed by atoms with van der Waals surface area (Å²) in [4.78, 5) is 12.9. The highest BCUT2D eigenvalue weighted by atomic mass is 35.5. The number of hydrazone groups is 1. The minimum absolute atomic E-state index is 0.0357. The monoisotopic (exact) mass is 552 g/mol. The number of amides is 1. The molecule has 196 valence electrons. The van der Waals surface area contributed by atoms with Crippen LogP contribution in [0.1, 0.15) is 22.5 Å². The predicted molar refractivity (Wildman–Crippen MR) is 148 cm³/mol. The summed E-state index contributed by atoms with van der Waals surface area (Å²) in [6.45, 7) is 4.93. The van der Waals surface area contributed by atoms with E-state index in [2.05, 4.69) is 10.5 Å². The Labute approximate surface area is 226 Å². The molecule has 1 heterocycles. The van der Waals surface area contributed by atoms with E-state index < -0.39 is 22.5 Å². The highest BCUT2D eigenvalue weighted by Gasteiger charge is 2.27. The molecule has 0 aliphatic heterocycles. The van der Waals surface area contributed by atoms with E-state index in [1.165, 1.54) is 30.5 Å². The van der Waals surface area contributed by atoms with Gasteiger partial charge in [-0.25, -0.2) is 18.2 Å². The van der Waals surface area contributed by atoms with Crippen molar-refractivity contribution in [3.8, 4) is 5.69 Å². The van der Waals surface area contributed by atoms with Crippen LogP contribution in [-0.4, -0.2) is 31.7 Å². The average Bonchev–Trinajstić information content (AvgIpc) is 3.17. The normalized spacial score (nSPS) is 11.6. The molecule has 0 fully saturated rings. The van der Waals surface area contributed by atoms with Gasteiger partial charge in [-0.1, -0.05) is 48.0 Å². The number of benzene rings is 3. The van der Waals surface area contributed by atoms with Gasteiger partial charge in [0.1, 0.15) is 12.4 Å². The Hall–Kier alpha value is -3.95. The molecule has 1 amide bonds. The van der Waals surface area contributed by atoms with Crippen molar-refractivity contribution in [1.82, 2.24) is 9.99 Å². The van der Waals surface area contributed by atoms with E-state index >= 15 is 0 Å². The number of carbonyl (C=O) groups is 1.